The maximum Gasteiger partial charge on any atom is 0.416 e. The number of nitrogens with one attached hydrogen (secondary N) is 2. The Labute approximate surface area is 207 Å². The average Bonchev–Trinajstić information content (AvgIpc) is 2.87. The topological polar surface area (TPSA) is 121 Å². The first-order chi connectivity index (χ1) is 17.6. The average molecular weight is 511 g/mol. The number of fused-ring (bicyclic) bond motifs is 1. The number of carboxylic acids is 1. The minimum absolute atomic E-state index is 0.0594. The van der Waals surface area contributed by atoms with Gasteiger partial charge in [-0.3, -0.25) is 9.59 Å². The standard InChI is InChI=1S/C26H20F3N3O5/c27-26(28,29)19-5-1-3-16(11-19)12-30-24(34)22-31-20-6-2-4-18(21(20)23(33)32-22)14-37-13-15-7-9-17(10-8-15)25(35)36/h1-11H,12-14H2,(H,30,34)(H,35,36)(H,31,32,33). The second-order valence-electron chi connectivity index (χ2n) is 8.10. The highest BCUT2D eigenvalue weighted by Gasteiger charge is 2.30. The number of aromatic nitrogens is 2. The van der Waals surface area contributed by atoms with Gasteiger partial charge in [-0.05, 0) is 47.0 Å². The van der Waals surface area contributed by atoms with Crippen molar-refractivity contribution in [1.82, 2.24) is 15.3 Å². The van der Waals surface area contributed by atoms with Gasteiger partial charge in [-0.2, -0.15) is 13.2 Å². The summed E-state index contributed by atoms with van der Waals surface area (Å²) < 4.78 is 44.4. The van der Waals surface area contributed by atoms with Gasteiger partial charge >= 0.3 is 12.1 Å². The van der Waals surface area contributed by atoms with Crippen LogP contribution >= 0.6 is 0 Å². The van der Waals surface area contributed by atoms with Crippen LogP contribution in [0.3, 0.4) is 0 Å². The predicted octanol–water partition coefficient (Wildman–Crippen LogP) is 4.29. The number of carboxylic acid groups (broad SMARTS) is 1. The lowest BCUT2D eigenvalue weighted by Crippen LogP contribution is -2.28. The van der Waals surface area contributed by atoms with Crippen molar-refractivity contribution in [3.05, 3.63) is 111 Å². The minimum atomic E-state index is -4.50. The number of nitrogens with zero attached hydrogens (tertiary/aromatic N) is 1. The van der Waals surface area contributed by atoms with E-state index in [1.165, 1.54) is 24.3 Å². The van der Waals surface area contributed by atoms with E-state index in [4.69, 9.17) is 9.84 Å². The zero-order valence-electron chi connectivity index (χ0n) is 19.1. The van der Waals surface area contributed by atoms with E-state index in [0.29, 0.717) is 5.56 Å². The molecule has 37 heavy (non-hydrogen) atoms. The third-order valence-corrected chi connectivity index (χ3v) is 5.47. The number of hydrogen-bond donors (Lipinski definition) is 3. The number of hydrogen-bond acceptors (Lipinski definition) is 5. The highest BCUT2D eigenvalue weighted by molar-refractivity contribution is 5.93. The van der Waals surface area contributed by atoms with Gasteiger partial charge in [-0.15, -0.1) is 0 Å². The first-order valence-electron chi connectivity index (χ1n) is 11.0. The third-order valence-electron chi connectivity index (χ3n) is 5.47. The minimum Gasteiger partial charge on any atom is -0.478 e. The van der Waals surface area contributed by atoms with Crippen LogP contribution in [0.2, 0.25) is 0 Å². The number of aromatic amines is 1. The number of H-pyrrole nitrogens is 1. The van der Waals surface area contributed by atoms with E-state index in [0.717, 1.165) is 17.7 Å². The summed E-state index contributed by atoms with van der Waals surface area (Å²) in [4.78, 5) is 42.9. The number of rotatable bonds is 8. The molecule has 0 saturated heterocycles. The Hall–Kier alpha value is -4.51. The molecular formula is C26H20F3N3O5. The summed E-state index contributed by atoms with van der Waals surface area (Å²) in [5, 5.41) is 11.7. The van der Waals surface area contributed by atoms with Crippen LogP contribution in [0.1, 0.15) is 43.2 Å². The Bertz CT molecular complexity index is 1510. The summed E-state index contributed by atoms with van der Waals surface area (Å²) in [7, 11) is 0. The van der Waals surface area contributed by atoms with Crippen LogP contribution in [0.25, 0.3) is 10.9 Å². The van der Waals surface area contributed by atoms with Gasteiger partial charge in [0.15, 0.2) is 5.82 Å². The van der Waals surface area contributed by atoms with Crippen molar-refractivity contribution in [1.29, 1.82) is 0 Å². The molecule has 1 amide bonds. The summed E-state index contributed by atoms with van der Waals surface area (Å²) in [5.74, 6) is -2.05. The van der Waals surface area contributed by atoms with E-state index in [1.54, 1.807) is 30.3 Å². The van der Waals surface area contributed by atoms with Crippen molar-refractivity contribution in [2.45, 2.75) is 25.9 Å². The van der Waals surface area contributed by atoms with Crippen molar-refractivity contribution in [2.24, 2.45) is 0 Å². The number of carbonyl (C=O) groups is 2. The number of alkyl halides is 3. The number of aromatic carboxylic acids is 1. The van der Waals surface area contributed by atoms with Crippen LogP contribution in [0.5, 0.6) is 0 Å². The second kappa shape index (κ2) is 10.6. The van der Waals surface area contributed by atoms with Crippen molar-refractivity contribution in [3.8, 4) is 0 Å². The molecule has 0 radical (unpaired) electrons. The van der Waals surface area contributed by atoms with E-state index < -0.39 is 29.2 Å². The fourth-order valence-corrected chi connectivity index (χ4v) is 3.63. The third kappa shape index (κ3) is 6.19. The fourth-order valence-electron chi connectivity index (χ4n) is 3.63. The molecule has 0 spiro atoms. The molecule has 11 heteroatoms. The molecule has 0 atom stereocenters. The van der Waals surface area contributed by atoms with Gasteiger partial charge in [0, 0.05) is 6.54 Å². The van der Waals surface area contributed by atoms with Crippen LogP contribution in [-0.4, -0.2) is 27.0 Å². The number of halogens is 3. The normalized spacial score (nSPS) is 11.4. The van der Waals surface area contributed by atoms with Crippen molar-refractivity contribution in [3.63, 3.8) is 0 Å². The van der Waals surface area contributed by atoms with Crippen LogP contribution in [-0.2, 0) is 30.7 Å². The smallest absolute Gasteiger partial charge is 0.416 e. The van der Waals surface area contributed by atoms with Gasteiger partial charge in [-0.1, -0.05) is 36.4 Å². The molecule has 0 bridgehead atoms. The maximum absolute atomic E-state index is 12.9. The van der Waals surface area contributed by atoms with Crippen molar-refractivity contribution in [2.75, 3.05) is 0 Å². The number of carbonyl (C=O) groups excluding carboxylic acids is 1. The quantitative estimate of drug-likeness (QED) is 0.325. The Morgan fingerprint density at radius 2 is 1.70 bits per heavy atom. The van der Waals surface area contributed by atoms with Gasteiger partial charge in [0.1, 0.15) is 0 Å². The molecule has 8 nitrogen and oxygen atoms in total. The molecule has 4 aromatic rings. The molecule has 3 aromatic carbocycles. The molecule has 0 aliphatic carbocycles. The lowest BCUT2D eigenvalue weighted by Gasteiger charge is -2.10. The summed E-state index contributed by atoms with van der Waals surface area (Å²) in [6.45, 7) is 0.0490. The van der Waals surface area contributed by atoms with Crippen LogP contribution in [0.4, 0.5) is 13.2 Å². The lowest BCUT2D eigenvalue weighted by molar-refractivity contribution is -0.137. The molecule has 1 aromatic heterocycles. The van der Waals surface area contributed by atoms with Crippen molar-refractivity contribution >= 4 is 22.8 Å². The molecule has 0 saturated carbocycles. The molecule has 1 heterocycles. The largest absolute Gasteiger partial charge is 0.478 e. The molecule has 190 valence electrons. The molecule has 4 rings (SSSR count). The molecule has 0 aliphatic heterocycles. The van der Waals surface area contributed by atoms with E-state index >= 15 is 0 Å². The Kier molecular flexibility index (Phi) is 7.35. The van der Waals surface area contributed by atoms with Gasteiger partial charge in [0.05, 0.1) is 35.2 Å². The molecule has 0 fully saturated rings. The first kappa shape index (κ1) is 25.6. The fraction of sp³-hybridized carbons (Fsp3) is 0.154. The van der Waals surface area contributed by atoms with Crippen LogP contribution in [0.15, 0.2) is 71.5 Å². The predicted molar refractivity (Wildman–Crippen MR) is 127 cm³/mol. The zero-order valence-corrected chi connectivity index (χ0v) is 19.1. The van der Waals surface area contributed by atoms with Gasteiger partial charge < -0.3 is 20.1 Å². The van der Waals surface area contributed by atoms with Crippen LogP contribution in [0, 0.1) is 0 Å². The molecule has 0 unspecified atom stereocenters. The maximum atomic E-state index is 12.9. The van der Waals surface area contributed by atoms with E-state index in [-0.39, 0.29) is 47.6 Å². The molecule has 3 N–H and O–H groups in total. The summed E-state index contributed by atoms with van der Waals surface area (Å²) in [6, 6.07) is 15.6. The van der Waals surface area contributed by atoms with E-state index in [1.807, 2.05) is 0 Å². The highest BCUT2D eigenvalue weighted by Crippen LogP contribution is 2.29. The zero-order chi connectivity index (χ0) is 26.6. The van der Waals surface area contributed by atoms with Crippen LogP contribution < -0.4 is 10.9 Å². The Balaban J connectivity index is 1.44. The van der Waals surface area contributed by atoms with E-state index in [2.05, 4.69) is 15.3 Å². The molecular weight excluding hydrogens is 491 g/mol. The SMILES string of the molecule is O=C(O)c1ccc(COCc2cccc3nc(C(=O)NCc4cccc(C(F)(F)F)c4)[nH]c(=O)c23)cc1. The first-order valence-corrected chi connectivity index (χ1v) is 11.0. The van der Waals surface area contributed by atoms with Gasteiger partial charge in [0.2, 0.25) is 0 Å². The summed E-state index contributed by atoms with van der Waals surface area (Å²) in [5.41, 5.74) is 0.525. The van der Waals surface area contributed by atoms with Gasteiger partial charge in [0.25, 0.3) is 11.5 Å². The highest BCUT2D eigenvalue weighted by atomic mass is 19.4. The number of benzene rings is 3. The van der Waals surface area contributed by atoms with E-state index in [9.17, 15) is 27.6 Å². The summed E-state index contributed by atoms with van der Waals surface area (Å²) in [6.07, 6.45) is -4.50. The summed E-state index contributed by atoms with van der Waals surface area (Å²) >= 11 is 0. The van der Waals surface area contributed by atoms with Gasteiger partial charge in [-0.25, -0.2) is 9.78 Å². The Morgan fingerprint density at radius 1 is 0.973 bits per heavy atom. The number of ether oxygens (including phenoxy) is 1. The molecule has 0 aliphatic rings. The Morgan fingerprint density at radius 3 is 2.41 bits per heavy atom. The lowest BCUT2D eigenvalue weighted by atomic mass is 10.1. The second-order valence-corrected chi connectivity index (χ2v) is 8.10. The monoisotopic (exact) mass is 511 g/mol. The van der Waals surface area contributed by atoms with Crippen molar-refractivity contribution < 1.29 is 32.6 Å². The number of amides is 1.